The van der Waals surface area contributed by atoms with Gasteiger partial charge in [0.2, 0.25) is 0 Å². The van der Waals surface area contributed by atoms with Gasteiger partial charge in [0.1, 0.15) is 48.8 Å². The van der Waals surface area contributed by atoms with E-state index in [4.69, 9.17) is 33.2 Å². The minimum atomic E-state index is -1.86. The van der Waals surface area contributed by atoms with Gasteiger partial charge in [0.05, 0.1) is 53.8 Å². The van der Waals surface area contributed by atoms with Crippen LogP contribution < -0.4 is 0 Å². The number of alkyl halides is 1. The van der Waals surface area contributed by atoms with Crippen molar-refractivity contribution in [1.82, 2.24) is 24.8 Å². The van der Waals surface area contributed by atoms with Gasteiger partial charge in [-0.15, -0.1) is 5.10 Å². The number of aliphatic hydroxyl groups excluding tert-OH is 4. The fourth-order valence-corrected chi connectivity index (χ4v) is 11.9. The average molecular weight is 1120 g/mol. The molecule has 1 aromatic heterocycles. The number of likely N-dealkylation sites (N-methyl/N-ethyl adjacent to an activating group) is 2. The number of carbonyl (C=O) groups excluding carboxylic acids is 1. The van der Waals surface area contributed by atoms with Crippen molar-refractivity contribution in [3.05, 3.63) is 77.7 Å². The molecule has 20 heteroatoms. The second-order valence-electron chi connectivity index (χ2n) is 23.6. The lowest BCUT2D eigenvalue weighted by Crippen LogP contribution is -2.61. The number of ether oxygens (including phenoxy) is 7. The van der Waals surface area contributed by atoms with E-state index in [1.165, 1.54) is 25.8 Å². The van der Waals surface area contributed by atoms with Gasteiger partial charge in [-0.2, -0.15) is 0 Å². The number of benzene rings is 1. The Labute approximate surface area is 468 Å². The Kier molecular flexibility index (Phi) is 24.0. The first-order chi connectivity index (χ1) is 37.1. The molecule has 0 spiro atoms. The highest BCUT2D eigenvalue weighted by Crippen LogP contribution is 2.41. The Balaban J connectivity index is 1.42. The number of methoxy groups -OCH3 is 2. The smallest absolute Gasteiger partial charge is 0.311 e. The molecule has 0 bridgehead atoms. The molecule has 3 aliphatic rings. The molecule has 1 aromatic carbocycles. The summed E-state index contributed by atoms with van der Waals surface area (Å²) in [6, 6.07) is 5.65. The highest BCUT2D eigenvalue weighted by Gasteiger charge is 2.53. The van der Waals surface area contributed by atoms with Crippen molar-refractivity contribution in [3.63, 3.8) is 0 Å². The number of carbonyl (C=O) groups is 1. The lowest BCUT2D eigenvalue weighted by atomic mass is 9.77. The number of esters is 1. The highest BCUT2D eigenvalue weighted by atomic mass is 19.1. The number of hydrogen-bond acceptors (Lipinski definition) is 18. The second-order valence-corrected chi connectivity index (χ2v) is 23.6. The SMILES string of the molecule is C=C/C(=C\C=C(/C)CO)c1ccc([C@@H](OC)[C@@H](CF)n2cc(CCN(C)[C@H]3C[C@@H](C)O[C@@H](O[C@@H]4[C@@H](C)[C@H](O[C@H]5C[C@@](C)(OC)[C@@H](O)[C@H](C)O5)[C@@H](C)C(=O)O[C@H](CC)[C@@](C)(O)[C@H](O)[C@@H](C)N(C)C[C@H](C)C[C@@]4(C)O)[C@@H]3O)nn2)cc1. The van der Waals surface area contributed by atoms with Crippen LogP contribution in [0, 0.1) is 17.8 Å². The molecule has 3 saturated heterocycles. The van der Waals surface area contributed by atoms with Crippen molar-refractivity contribution in [2.45, 2.75) is 211 Å². The Bertz CT molecular complexity index is 2300. The van der Waals surface area contributed by atoms with Gasteiger partial charge >= 0.3 is 5.97 Å². The first kappa shape index (κ1) is 66.2. The number of cyclic esters (lactones) is 1. The number of halogens is 1. The maximum absolute atomic E-state index is 15.0. The molecule has 0 amide bonds. The van der Waals surface area contributed by atoms with E-state index in [0.29, 0.717) is 31.6 Å². The molecule has 3 aliphatic heterocycles. The number of aromatic nitrogens is 3. The number of allylic oxidation sites excluding steroid dienone is 4. The highest BCUT2D eigenvalue weighted by molar-refractivity contribution is 5.75. The van der Waals surface area contributed by atoms with E-state index >= 15 is 4.39 Å². The van der Waals surface area contributed by atoms with Crippen LogP contribution in [0.15, 0.2) is 60.8 Å². The van der Waals surface area contributed by atoms with Crippen molar-refractivity contribution in [1.29, 1.82) is 0 Å². The largest absolute Gasteiger partial charge is 0.459 e. The molecule has 4 heterocycles. The zero-order valence-corrected chi connectivity index (χ0v) is 49.6. The molecule has 19 nitrogen and oxygen atoms in total. The monoisotopic (exact) mass is 1120 g/mol. The topological polar surface area (TPSA) is 240 Å². The van der Waals surface area contributed by atoms with Crippen LogP contribution >= 0.6 is 0 Å². The molecule has 0 saturated carbocycles. The number of nitrogens with zero attached hydrogens (tertiary/aromatic N) is 5. The van der Waals surface area contributed by atoms with Crippen LogP contribution in [-0.4, -0.2) is 206 Å². The fourth-order valence-electron chi connectivity index (χ4n) is 11.9. The summed E-state index contributed by atoms with van der Waals surface area (Å²) in [6.07, 6.45) is -2.74. The Morgan fingerprint density at radius 1 is 1.00 bits per heavy atom. The maximum atomic E-state index is 15.0. The van der Waals surface area contributed by atoms with E-state index in [9.17, 15) is 35.4 Å². The van der Waals surface area contributed by atoms with Gasteiger partial charge in [0.15, 0.2) is 12.6 Å². The van der Waals surface area contributed by atoms with E-state index in [-0.39, 0.29) is 31.8 Å². The predicted molar refractivity (Wildman–Crippen MR) is 297 cm³/mol. The van der Waals surface area contributed by atoms with E-state index in [1.807, 2.05) is 81.1 Å². The third-order valence-corrected chi connectivity index (χ3v) is 17.1. The van der Waals surface area contributed by atoms with Gasteiger partial charge in [-0.05, 0) is 117 Å². The molecular weight excluding hydrogens is 1020 g/mol. The minimum Gasteiger partial charge on any atom is -0.459 e. The van der Waals surface area contributed by atoms with Crippen LogP contribution in [0.5, 0.6) is 0 Å². The number of aliphatic hydroxyl groups is 6. The molecule has 6 N–H and O–H groups in total. The third-order valence-electron chi connectivity index (χ3n) is 17.1. The van der Waals surface area contributed by atoms with E-state index < -0.39 is 127 Å². The predicted octanol–water partition coefficient (Wildman–Crippen LogP) is 5.51. The summed E-state index contributed by atoms with van der Waals surface area (Å²) < 4.78 is 60.7. The molecule has 0 aliphatic carbocycles. The maximum Gasteiger partial charge on any atom is 0.311 e. The molecule has 448 valence electrons. The van der Waals surface area contributed by atoms with Crippen LogP contribution in [0.4, 0.5) is 4.39 Å². The van der Waals surface area contributed by atoms with Crippen LogP contribution in [-0.2, 0) is 44.4 Å². The summed E-state index contributed by atoms with van der Waals surface area (Å²) in [7, 11) is 6.72. The van der Waals surface area contributed by atoms with E-state index in [0.717, 1.165) is 22.3 Å². The summed E-state index contributed by atoms with van der Waals surface area (Å²) in [5.41, 5.74) is -0.731. The third kappa shape index (κ3) is 16.0. The Morgan fingerprint density at radius 3 is 2.27 bits per heavy atom. The van der Waals surface area contributed by atoms with Crippen LogP contribution in [0.3, 0.4) is 0 Å². The van der Waals surface area contributed by atoms with Crippen molar-refractivity contribution >= 4 is 11.5 Å². The van der Waals surface area contributed by atoms with Gasteiger partial charge in [0, 0.05) is 64.3 Å². The number of rotatable bonds is 19. The molecule has 79 heavy (non-hydrogen) atoms. The van der Waals surface area contributed by atoms with Crippen molar-refractivity contribution in [2.75, 3.05) is 54.7 Å². The van der Waals surface area contributed by atoms with E-state index in [1.54, 1.807) is 60.7 Å². The fraction of sp³-hybridized carbons (Fsp3) is 0.746. The summed E-state index contributed by atoms with van der Waals surface area (Å²) in [4.78, 5) is 18.4. The zero-order valence-electron chi connectivity index (χ0n) is 49.6. The lowest BCUT2D eigenvalue weighted by molar-refractivity contribution is -0.318. The molecule has 5 rings (SSSR count). The van der Waals surface area contributed by atoms with Crippen molar-refractivity contribution in [3.8, 4) is 0 Å². The number of hydrogen-bond donors (Lipinski definition) is 6. The molecule has 0 unspecified atom stereocenters. The first-order valence-electron chi connectivity index (χ1n) is 28.1. The summed E-state index contributed by atoms with van der Waals surface area (Å²) >= 11 is 0. The Morgan fingerprint density at radius 2 is 1.67 bits per heavy atom. The van der Waals surface area contributed by atoms with Gasteiger partial charge in [-0.3, -0.25) is 4.79 Å². The van der Waals surface area contributed by atoms with Gasteiger partial charge < -0.3 is 73.6 Å². The second kappa shape index (κ2) is 28.6. The van der Waals surface area contributed by atoms with Gasteiger partial charge in [-0.1, -0.05) is 75.1 Å². The molecule has 20 atom stereocenters. The van der Waals surface area contributed by atoms with E-state index in [2.05, 4.69) is 16.9 Å². The summed E-state index contributed by atoms with van der Waals surface area (Å²) in [5.74, 6) is -2.91. The molecule has 3 fully saturated rings. The summed E-state index contributed by atoms with van der Waals surface area (Å²) in [6.45, 7) is 23.1. The van der Waals surface area contributed by atoms with Gasteiger partial charge in [-0.25, -0.2) is 9.07 Å². The molecule has 0 radical (unpaired) electrons. The first-order valence-corrected chi connectivity index (χ1v) is 28.1. The average Bonchev–Trinajstić information content (AvgIpc) is 3.93. The van der Waals surface area contributed by atoms with Crippen molar-refractivity contribution in [2.24, 2.45) is 17.8 Å². The quantitative estimate of drug-likeness (QED) is 0.0751. The normalized spacial score (nSPS) is 38.0. The Hall–Kier alpha value is -3.58. The molecule has 2 aromatic rings. The molecular formula is C59H96FN5O14. The van der Waals surface area contributed by atoms with Crippen LogP contribution in [0.2, 0.25) is 0 Å². The zero-order chi connectivity index (χ0) is 58.9. The van der Waals surface area contributed by atoms with Gasteiger partial charge in [0.25, 0.3) is 0 Å². The minimum absolute atomic E-state index is 0.0509. The van der Waals surface area contributed by atoms with Crippen molar-refractivity contribution < 1.29 is 73.0 Å². The van der Waals surface area contributed by atoms with Crippen LogP contribution in [0.1, 0.15) is 131 Å². The van der Waals surface area contributed by atoms with Crippen LogP contribution in [0.25, 0.3) is 5.57 Å². The standard InChI is InChI=1S/C59H96FN5O14/c1-17-41(20-19-34(3)33-66)42-21-23-43(24-22-42)51(73-15)46(30-60)65-32-44(61-62-65)25-26-63(13)45-27-36(5)75-56(49(45)67)79-54-37(6)50(78-48-29-58(11,74-16)53(69)40(9)76-48)38(7)55(70)77-47(18-2)59(12,72)52(68)39(8)64(14)31-35(4)28-57(54,10)71/h17,19-24,32,35-40,45-54,56,66-69,71-72H,1,18,25-31,33H2,2-16H3/b34-19+,41-20+/t35-,36-,37+,38-,39-,40+,45+,46-,47-,48+,49-,50+,51-,52-,53+,54-,56+,57-,58-,59-/m1/s1. The lowest BCUT2D eigenvalue weighted by Gasteiger charge is -2.49. The summed E-state index contributed by atoms with van der Waals surface area (Å²) in [5, 5.41) is 78.1.